The van der Waals surface area contributed by atoms with Crippen LogP contribution in [0.15, 0.2) is 23.5 Å². The molecule has 3 saturated carbocycles. The SMILES string of the molecule is O=C(C1CCCC(C(=O)N(C2=CCCCC2)C2CCCCC2)C1)N(C1=CCCCC1)C1CCCCC1. The van der Waals surface area contributed by atoms with Crippen molar-refractivity contribution >= 4 is 11.8 Å². The van der Waals surface area contributed by atoms with E-state index in [0.29, 0.717) is 23.9 Å². The molecule has 0 spiro atoms. The van der Waals surface area contributed by atoms with Crippen LogP contribution in [0.3, 0.4) is 0 Å². The van der Waals surface area contributed by atoms with Gasteiger partial charge in [0.15, 0.2) is 0 Å². The minimum Gasteiger partial charge on any atom is -0.313 e. The first kappa shape index (κ1) is 26.0. The van der Waals surface area contributed by atoms with Crippen LogP contribution < -0.4 is 0 Å². The second kappa shape index (κ2) is 12.8. The van der Waals surface area contributed by atoms with Gasteiger partial charge in [-0.1, -0.05) is 57.1 Å². The molecule has 0 aromatic heterocycles. The molecule has 0 aromatic carbocycles. The predicted molar refractivity (Wildman–Crippen MR) is 146 cm³/mol. The fourth-order valence-corrected chi connectivity index (χ4v) is 7.90. The van der Waals surface area contributed by atoms with Crippen LogP contribution in [0.25, 0.3) is 0 Å². The predicted octanol–water partition coefficient (Wildman–Crippen LogP) is 8.03. The quantitative estimate of drug-likeness (QED) is 0.375. The molecule has 0 saturated heterocycles. The van der Waals surface area contributed by atoms with E-state index >= 15 is 0 Å². The van der Waals surface area contributed by atoms with Crippen molar-refractivity contribution in [2.75, 3.05) is 0 Å². The number of rotatable bonds is 6. The van der Waals surface area contributed by atoms with Crippen molar-refractivity contribution in [3.63, 3.8) is 0 Å². The molecular formula is C32H50N2O2. The fourth-order valence-electron chi connectivity index (χ4n) is 7.90. The normalized spacial score (nSPS) is 28.7. The van der Waals surface area contributed by atoms with E-state index in [1.165, 1.54) is 75.6 Å². The van der Waals surface area contributed by atoms with Crippen molar-refractivity contribution in [1.29, 1.82) is 0 Å². The Kier molecular flexibility index (Phi) is 9.25. The number of carbonyl (C=O) groups excluding carboxylic acids is 2. The summed E-state index contributed by atoms with van der Waals surface area (Å²) in [7, 11) is 0. The summed E-state index contributed by atoms with van der Waals surface area (Å²) in [5.41, 5.74) is 2.62. The van der Waals surface area contributed by atoms with Gasteiger partial charge in [0.05, 0.1) is 0 Å². The second-order valence-corrected chi connectivity index (χ2v) is 12.4. The lowest BCUT2D eigenvalue weighted by Crippen LogP contribution is -2.48. The molecule has 0 aromatic rings. The minimum absolute atomic E-state index is 0.0194. The Labute approximate surface area is 219 Å². The summed E-state index contributed by atoms with van der Waals surface area (Å²) in [6, 6.07) is 0.774. The van der Waals surface area contributed by atoms with Gasteiger partial charge in [0.2, 0.25) is 11.8 Å². The highest BCUT2D eigenvalue weighted by Crippen LogP contribution is 2.39. The Morgan fingerprint density at radius 3 is 1.36 bits per heavy atom. The molecule has 2 unspecified atom stereocenters. The zero-order valence-electron chi connectivity index (χ0n) is 22.7. The topological polar surface area (TPSA) is 40.6 Å². The van der Waals surface area contributed by atoms with E-state index in [-0.39, 0.29) is 11.8 Å². The van der Waals surface area contributed by atoms with Crippen molar-refractivity contribution < 1.29 is 9.59 Å². The molecule has 5 aliphatic rings. The van der Waals surface area contributed by atoms with E-state index in [2.05, 4.69) is 22.0 Å². The van der Waals surface area contributed by atoms with Crippen LogP contribution in [-0.2, 0) is 9.59 Å². The lowest BCUT2D eigenvalue weighted by Gasteiger charge is -2.42. The zero-order valence-corrected chi connectivity index (χ0v) is 22.7. The maximum Gasteiger partial charge on any atom is 0.230 e. The summed E-state index contributed by atoms with van der Waals surface area (Å²) >= 11 is 0. The number of hydrogen-bond donors (Lipinski definition) is 0. The first-order chi connectivity index (χ1) is 17.7. The Hall–Kier alpha value is -1.58. The summed E-state index contributed by atoms with van der Waals surface area (Å²) in [6.07, 6.45) is 29.9. The van der Waals surface area contributed by atoms with Crippen molar-refractivity contribution in [1.82, 2.24) is 9.80 Å². The van der Waals surface area contributed by atoms with Gasteiger partial charge in [-0.2, -0.15) is 0 Å². The first-order valence-electron chi connectivity index (χ1n) is 15.8. The molecule has 0 aliphatic heterocycles. The van der Waals surface area contributed by atoms with Gasteiger partial charge >= 0.3 is 0 Å². The van der Waals surface area contributed by atoms with Gasteiger partial charge in [-0.3, -0.25) is 9.59 Å². The molecule has 3 fully saturated rings. The maximum absolute atomic E-state index is 14.2. The van der Waals surface area contributed by atoms with Crippen molar-refractivity contribution in [2.24, 2.45) is 11.8 Å². The molecule has 200 valence electrons. The molecule has 36 heavy (non-hydrogen) atoms. The summed E-state index contributed by atoms with van der Waals surface area (Å²) < 4.78 is 0. The summed E-state index contributed by atoms with van der Waals surface area (Å²) in [5, 5.41) is 0. The van der Waals surface area contributed by atoms with Gasteiger partial charge in [0, 0.05) is 35.3 Å². The number of hydrogen-bond acceptors (Lipinski definition) is 2. The van der Waals surface area contributed by atoms with E-state index in [4.69, 9.17) is 0 Å². The molecule has 5 aliphatic carbocycles. The van der Waals surface area contributed by atoms with E-state index in [0.717, 1.165) is 77.0 Å². The van der Waals surface area contributed by atoms with Gasteiger partial charge in [-0.25, -0.2) is 0 Å². The lowest BCUT2D eigenvalue weighted by molar-refractivity contribution is -0.142. The average molecular weight is 495 g/mol. The molecule has 0 bridgehead atoms. The summed E-state index contributed by atoms with van der Waals surface area (Å²) in [4.78, 5) is 32.9. The fraction of sp³-hybridized carbons (Fsp3) is 0.812. The molecule has 2 atom stereocenters. The molecule has 4 nitrogen and oxygen atoms in total. The monoisotopic (exact) mass is 494 g/mol. The number of nitrogens with zero attached hydrogens (tertiary/aromatic N) is 2. The van der Waals surface area contributed by atoms with Gasteiger partial charge in [0.1, 0.15) is 0 Å². The van der Waals surface area contributed by atoms with Gasteiger partial charge in [-0.05, 0) is 96.3 Å². The summed E-state index contributed by atoms with van der Waals surface area (Å²) in [5.74, 6) is 0.749. The zero-order chi connectivity index (χ0) is 24.7. The Morgan fingerprint density at radius 1 is 0.528 bits per heavy atom. The number of allylic oxidation sites excluding steroid dienone is 4. The third-order valence-corrected chi connectivity index (χ3v) is 9.88. The summed E-state index contributed by atoms with van der Waals surface area (Å²) in [6.45, 7) is 0. The van der Waals surface area contributed by atoms with Crippen LogP contribution in [0.2, 0.25) is 0 Å². The smallest absolute Gasteiger partial charge is 0.230 e. The van der Waals surface area contributed by atoms with Crippen LogP contribution in [0.4, 0.5) is 0 Å². The van der Waals surface area contributed by atoms with Gasteiger partial charge in [-0.15, -0.1) is 0 Å². The Bertz CT molecular complexity index is 752. The van der Waals surface area contributed by atoms with Crippen LogP contribution in [0.1, 0.15) is 141 Å². The van der Waals surface area contributed by atoms with Gasteiger partial charge in [0.25, 0.3) is 0 Å². The van der Waals surface area contributed by atoms with Crippen LogP contribution >= 0.6 is 0 Å². The highest BCUT2D eigenvalue weighted by molar-refractivity contribution is 5.84. The first-order valence-corrected chi connectivity index (χ1v) is 15.8. The number of carbonyl (C=O) groups is 2. The highest BCUT2D eigenvalue weighted by Gasteiger charge is 2.40. The molecule has 0 N–H and O–H groups in total. The average Bonchev–Trinajstić information content (AvgIpc) is 2.96. The Morgan fingerprint density at radius 2 is 0.972 bits per heavy atom. The van der Waals surface area contributed by atoms with Crippen LogP contribution in [0.5, 0.6) is 0 Å². The van der Waals surface area contributed by atoms with Crippen LogP contribution in [0, 0.1) is 11.8 Å². The van der Waals surface area contributed by atoms with E-state index < -0.39 is 0 Å². The molecule has 4 heteroatoms. The molecule has 0 heterocycles. The molecule has 2 amide bonds. The third-order valence-electron chi connectivity index (χ3n) is 9.88. The minimum atomic E-state index is 0.0194. The maximum atomic E-state index is 14.2. The van der Waals surface area contributed by atoms with Crippen molar-refractivity contribution in [2.45, 2.75) is 153 Å². The standard InChI is InChI=1S/C32H50N2O2/c35-31(33(27-16-5-1-6-17-27)28-18-7-2-8-19-28)25-14-13-15-26(24-25)32(36)34(29-20-9-3-10-21-29)30-22-11-4-12-23-30/h16,20,25-26,28,30H,1-15,17-19,21-24H2. The second-order valence-electron chi connectivity index (χ2n) is 12.4. The molecular weight excluding hydrogens is 444 g/mol. The van der Waals surface area contributed by atoms with Crippen molar-refractivity contribution in [3.8, 4) is 0 Å². The van der Waals surface area contributed by atoms with E-state index in [1.54, 1.807) is 0 Å². The molecule has 5 rings (SSSR count). The largest absolute Gasteiger partial charge is 0.313 e. The van der Waals surface area contributed by atoms with E-state index in [9.17, 15) is 9.59 Å². The molecule has 0 radical (unpaired) electrons. The highest BCUT2D eigenvalue weighted by atomic mass is 16.2. The van der Waals surface area contributed by atoms with Crippen molar-refractivity contribution in [3.05, 3.63) is 23.5 Å². The lowest BCUT2D eigenvalue weighted by atomic mass is 9.78. The van der Waals surface area contributed by atoms with Crippen LogP contribution in [-0.4, -0.2) is 33.7 Å². The van der Waals surface area contributed by atoms with Gasteiger partial charge < -0.3 is 9.80 Å². The Balaban J connectivity index is 1.32. The third kappa shape index (κ3) is 6.10. The number of amides is 2. The van der Waals surface area contributed by atoms with E-state index in [1.807, 2.05) is 0 Å².